The van der Waals surface area contributed by atoms with E-state index in [1.807, 2.05) is 18.3 Å². The standard InChI is InChI=1S/C15H19N3O2/c16-13(20)7-11-8-18(9-15(10-19)4-2-5-15)14-12(11)3-1-6-17-14/h1,3,6,8,19H,2,4-5,7,9-10H2,(H2,16,20). The Bertz CT molecular complexity index is 638. The van der Waals surface area contributed by atoms with Gasteiger partial charge in [-0.2, -0.15) is 0 Å². The molecule has 5 nitrogen and oxygen atoms in total. The van der Waals surface area contributed by atoms with E-state index in [-0.39, 0.29) is 24.3 Å². The summed E-state index contributed by atoms with van der Waals surface area (Å²) in [5.41, 5.74) is 7.06. The normalized spacial score (nSPS) is 17.1. The van der Waals surface area contributed by atoms with Crippen molar-refractivity contribution < 1.29 is 9.90 Å². The van der Waals surface area contributed by atoms with Crippen LogP contribution in [0.1, 0.15) is 24.8 Å². The molecule has 0 radical (unpaired) electrons. The molecule has 20 heavy (non-hydrogen) atoms. The van der Waals surface area contributed by atoms with Gasteiger partial charge in [-0.05, 0) is 30.5 Å². The minimum Gasteiger partial charge on any atom is -0.396 e. The van der Waals surface area contributed by atoms with Gasteiger partial charge in [-0.1, -0.05) is 6.42 Å². The molecule has 0 aliphatic heterocycles. The van der Waals surface area contributed by atoms with Gasteiger partial charge in [0, 0.05) is 29.7 Å². The van der Waals surface area contributed by atoms with Crippen molar-refractivity contribution in [1.82, 2.24) is 9.55 Å². The van der Waals surface area contributed by atoms with E-state index in [2.05, 4.69) is 9.55 Å². The molecule has 3 rings (SSSR count). The number of amides is 1. The molecule has 2 aromatic heterocycles. The molecule has 2 heterocycles. The topological polar surface area (TPSA) is 81.1 Å². The number of aliphatic hydroxyl groups excluding tert-OH is 1. The van der Waals surface area contributed by atoms with E-state index in [4.69, 9.17) is 5.73 Å². The molecule has 1 aliphatic rings. The second-order valence-electron chi connectivity index (χ2n) is 5.81. The Labute approximate surface area is 117 Å². The maximum Gasteiger partial charge on any atom is 0.221 e. The van der Waals surface area contributed by atoms with Gasteiger partial charge in [-0.3, -0.25) is 4.79 Å². The van der Waals surface area contributed by atoms with Crippen molar-refractivity contribution >= 4 is 16.9 Å². The molecular weight excluding hydrogens is 254 g/mol. The van der Waals surface area contributed by atoms with Crippen LogP contribution in [-0.4, -0.2) is 27.2 Å². The minimum atomic E-state index is -0.339. The molecule has 2 aromatic rings. The van der Waals surface area contributed by atoms with Crippen LogP contribution in [0.2, 0.25) is 0 Å². The van der Waals surface area contributed by atoms with E-state index in [0.717, 1.165) is 36.0 Å². The molecule has 1 fully saturated rings. The number of primary amides is 1. The number of hydrogen-bond donors (Lipinski definition) is 2. The Morgan fingerprint density at radius 1 is 1.50 bits per heavy atom. The quantitative estimate of drug-likeness (QED) is 0.859. The van der Waals surface area contributed by atoms with Gasteiger partial charge in [0.05, 0.1) is 13.0 Å². The van der Waals surface area contributed by atoms with Gasteiger partial charge < -0.3 is 15.4 Å². The number of pyridine rings is 1. The Morgan fingerprint density at radius 2 is 2.30 bits per heavy atom. The highest BCUT2D eigenvalue weighted by Crippen LogP contribution is 2.42. The summed E-state index contributed by atoms with van der Waals surface area (Å²) in [4.78, 5) is 15.6. The Kier molecular flexibility index (Phi) is 3.22. The first kappa shape index (κ1) is 13.1. The summed E-state index contributed by atoms with van der Waals surface area (Å²) < 4.78 is 2.06. The van der Waals surface area contributed by atoms with Gasteiger partial charge in [-0.25, -0.2) is 4.98 Å². The van der Waals surface area contributed by atoms with E-state index >= 15 is 0 Å². The van der Waals surface area contributed by atoms with Crippen LogP contribution in [-0.2, 0) is 17.8 Å². The Balaban J connectivity index is 2.00. The smallest absolute Gasteiger partial charge is 0.221 e. The van der Waals surface area contributed by atoms with Crippen LogP contribution in [0.15, 0.2) is 24.5 Å². The number of carbonyl (C=O) groups excluding carboxylic acids is 1. The van der Waals surface area contributed by atoms with Gasteiger partial charge in [0.1, 0.15) is 5.65 Å². The zero-order valence-electron chi connectivity index (χ0n) is 11.4. The van der Waals surface area contributed by atoms with Gasteiger partial charge in [0.2, 0.25) is 5.91 Å². The Hall–Kier alpha value is -1.88. The number of fused-ring (bicyclic) bond motifs is 1. The molecule has 0 unspecified atom stereocenters. The zero-order chi connectivity index (χ0) is 14.2. The lowest BCUT2D eigenvalue weighted by Gasteiger charge is -2.40. The van der Waals surface area contributed by atoms with Crippen molar-refractivity contribution in [2.24, 2.45) is 11.1 Å². The van der Waals surface area contributed by atoms with E-state index in [1.165, 1.54) is 6.42 Å². The Morgan fingerprint density at radius 3 is 2.90 bits per heavy atom. The van der Waals surface area contributed by atoms with E-state index < -0.39 is 0 Å². The van der Waals surface area contributed by atoms with Gasteiger partial charge in [0.25, 0.3) is 0 Å². The first-order valence-electron chi connectivity index (χ1n) is 6.95. The zero-order valence-corrected chi connectivity index (χ0v) is 11.4. The van der Waals surface area contributed by atoms with Crippen molar-refractivity contribution in [3.05, 3.63) is 30.1 Å². The van der Waals surface area contributed by atoms with Crippen LogP contribution < -0.4 is 5.73 Å². The molecule has 0 aromatic carbocycles. The lowest BCUT2D eigenvalue weighted by atomic mass is 9.69. The first-order chi connectivity index (χ1) is 9.63. The lowest BCUT2D eigenvalue weighted by Crippen LogP contribution is -2.37. The largest absolute Gasteiger partial charge is 0.396 e. The monoisotopic (exact) mass is 273 g/mol. The number of nitrogens with zero attached hydrogens (tertiary/aromatic N) is 2. The predicted molar refractivity (Wildman–Crippen MR) is 76.0 cm³/mol. The summed E-state index contributed by atoms with van der Waals surface area (Å²) in [6.45, 7) is 0.945. The lowest BCUT2D eigenvalue weighted by molar-refractivity contribution is -0.117. The highest BCUT2D eigenvalue weighted by Gasteiger charge is 2.37. The number of aromatic nitrogens is 2. The highest BCUT2D eigenvalue weighted by atomic mass is 16.3. The van der Waals surface area contributed by atoms with Crippen LogP contribution in [0.3, 0.4) is 0 Å². The van der Waals surface area contributed by atoms with E-state index in [9.17, 15) is 9.90 Å². The van der Waals surface area contributed by atoms with Crippen molar-refractivity contribution in [2.75, 3.05) is 6.61 Å². The van der Waals surface area contributed by atoms with Crippen molar-refractivity contribution in [3.8, 4) is 0 Å². The summed E-state index contributed by atoms with van der Waals surface area (Å²) in [5, 5.41) is 10.6. The van der Waals surface area contributed by atoms with E-state index in [0.29, 0.717) is 0 Å². The van der Waals surface area contributed by atoms with Crippen LogP contribution in [0, 0.1) is 5.41 Å². The van der Waals surface area contributed by atoms with Crippen LogP contribution in [0.5, 0.6) is 0 Å². The maximum absolute atomic E-state index is 11.2. The van der Waals surface area contributed by atoms with Crippen LogP contribution in [0.4, 0.5) is 0 Å². The average molecular weight is 273 g/mol. The average Bonchev–Trinajstić information content (AvgIpc) is 2.72. The molecule has 1 saturated carbocycles. The molecule has 5 heteroatoms. The number of carbonyl (C=O) groups is 1. The number of aliphatic hydroxyl groups is 1. The fourth-order valence-electron chi connectivity index (χ4n) is 3.05. The molecule has 0 saturated heterocycles. The summed E-state index contributed by atoms with van der Waals surface area (Å²) in [5.74, 6) is -0.339. The number of hydrogen-bond acceptors (Lipinski definition) is 3. The number of rotatable bonds is 5. The third-order valence-electron chi connectivity index (χ3n) is 4.34. The molecule has 1 amide bonds. The molecule has 3 N–H and O–H groups in total. The molecule has 0 atom stereocenters. The van der Waals surface area contributed by atoms with Crippen LogP contribution in [0.25, 0.3) is 11.0 Å². The van der Waals surface area contributed by atoms with Crippen LogP contribution >= 0.6 is 0 Å². The van der Waals surface area contributed by atoms with E-state index in [1.54, 1.807) is 6.20 Å². The molecule has 0 bridgehead atoms. The summed E-state index contributed by atoms with van der Waals surface area (Å²) in [7, 11) is 0. The van der Waals surface area contributed by atoms with Crippen molar-refractivity contribution in [1.29, 1.82) is 0 Å². The third kappa shape index (κ3) is 2.18. The molecule has 1 aliphatic carbocycles. The summed E-state index contributed by atoms with van der Waals surface area (Å²) >= 11 is 0. The second kappa shape index (κ2) is 4.90. The summed E-state index contributed by atoms with van der Waals surface area (Å²) in [6.07, 6.45) is 7.18. The first-order valence-corrected chi connectivity index (χ1v) is 6.95. The van der Waals surface area contributed by atoms with Crippen molar-refractivity contribution in [3.63, 3.8) is 0 Å². The highest BCUT2D eigenvalue weighted by molar-refractivity contribution is 5.86. The minimum absolute atomic E-state index is 0.0204. The van der Waals surface area contributed by atoms with Gasteiger partial charge >= 0.3 is 0 Å². The molecular formula is C15H19N3O2. The predicted octanol–water partition coefficient (Wildman–Crippen LogP) is 1.23. The SMILES string of the molecule is NC(=O)Cc1cn(CC2(CO)CCC2)c2ncccc12. The van der Waals surface area contributed by atoms with Crippen molar-refractivity contribution in [2.45, 2.75) is 32.2 Å². The summed E-state index contributed by atoms with van der Waals surface area (Å²) in [6, 6.07) is 3.83. The molecule has 0 spiro atoms. The van der Waals surface area contributed by atoms with Gasteiger partial charge in [-0.15, -0.1) is 0 Å². The number of nitrogens with two attached hydrogens (primary N) is 1. The fraction of sp³-hybridized carbons (Fsp3) is 0.467. The van der Waals surface area contributed by atoms with Gasteiger partial charge in [0.15, 0.2) is 0 Å². The third-order valence-corrected chi connectivity index (χ3v) is 4.34. The maximum atomic E-state index is 11.2. The second-order valence-corrected chi connectivity index (χ2v) is 5.81. The fourth-order valence-corrected chi connectivity index (χ4v) is 3.05. The molecule has 106 valence electrons.